The van der Waals surface area contributed by atoms with Crippen LogP contribution in [0.3, 0.4) is 0 Å². The predicted molar refractivity (Wildman–Crippen MR) is 126 cm³/mol. The smallest absolute Gasteiger partial charge is 0.0358 e. The van der Waals surface area contributed by atoms with E-state index < -0.39 is 0 Å². The van der Waals surface area contributed by atoms with Gasteiger partial charge >= 0.3 is 0 Å². The van der Waals surface area contributed by atoms with Crippen LogP contribution in [0, 0.1) is 12.3 Å². The molecule has 1 N–H and O–H groups in total. The summed E-state index contributed by atoms with van der Waals surface area (Å²) in [5.41, 5.74) is 13.1. The fourth-order valence-electron chi connectivity index (χ4n) is 5.21. The van der Waals surface area contributed by atoms with Crippen molar-refractivity contribution in [3.63, 3.8) is 0 Å². The van der Waals surface area contributed by atoms with E-state index in [-0.39, 0.29) is 0 Å². The second-order valence-electron chi connectivity index (χ2n) is 8.43. The summed E-state index contributed by atoms with van der Waals surface area (Å²) in [6.45, 7) is 8.70. The van der Waals surface area contributed by atoms with Crippen molar-refractivity contribution in [2.75, 3.05) is 0 Å². The Bertz CT molecular complexity index is 1060. The van der Waals surface area contributed by atoms with Crippen LogP contribution in [0.1, 0.15) is 80.2 Å². The summed E-state index contributed by atoms with van der Waals surface area (Å²) >= 11 is 0. The van der Waals surface area contributed by atoms with Crippen LogP contribution in [0.15, 0.2) is 65.8 Å². The number of hydrogen-bond donors (Lipinski definition) is 1. The summed E-state index contributed by atoms with van der Waals surface area (Å²) in [5, 5.41) is 8.42. The molecule has 148 valence electrons. The van der Waals surface area contributed by atoms with Gasteiger partial charge in [0, 0.05) is 11.6 Å². The van der Waals surface area contributed by atoms with Crippen molar-refractivity contribution in [2.24, 2.45) is 0 Å². The average Bonchev–Trinajstić information content (AvgIpc) is 3.00. The van der Waals surface area contributed by atoms with E-state index in [4.69, 9.17) is 5.41 Å². The van der Waals surface area contributed by atoms with Gasteiger partial charge in [0.05, 0.1) is 0 Å². The molecule has 0 amide bonds. The predicted octanol–water partition coefficient (Wildman–Crippen LogP) is 7.86. The van der Waals surface area contributed by atoms with Gasteiger partial charge < -0.3 is 5.41 Å². The second kappa shape index (κ2) is 7.99. The molecule has 2 aliphatic carbocycles. The van der Waals surface area contributed by atoms with Crippen LogP contribution in [0.2, 0.25) is 0 Å². The van der Waals surface area contributed by atoms with Crippen LogP contribution in [0.4, 0.5) is 0 Å². The summed E-state index contributed by atoms with van der Waals surface area (Å²) < 4.78 is 0. The molecule has 2 aromatic carbocycles. The fraction of sp³-hybridized carbons (Fsp3) is 0.321. The maximum atomic E-state index is 8.42. The minimum atomic E-state index is 0.307. The Morgan fingerprint density at radius 1 is 1.03 bits per heavy atom. The van der Waals surface area contributed by atoms with E-state index in [0.717, 1.165) is 24.8 Å². The summed E-state index contributed by atoms with van der Waals surface area (Å²) in [5.74, 6) is 0.307. The first-order valence-corrected chi connectivity index (χ1v) is 10.9. The van der Waals surface area contributed by atoms with Crippen LogP contribution < -0.4 is 0 Å². The molecule has 2 aromatic rings. The van der Waals surface area contributed by atoms with Crippen LogP contribution in [-0.2, 0) is 0 Å². The third-order valence-electron chi connectivity index (χ3n) is 6.69. The molecule has 0 unspecified atom stereocenters. The fourth-order valence-corrected chi connectivity index (χ4v) is 5.21. The van der Waals surface area contributed by atoms with E-state index in [2.05, 4.69) is 75.4 Å². The molecular weight excluding hydrogens is 350 g/mol. The van der Waals surface area contributed by atoms with E-state index in [9.17, 15) is 0 Å². The Labute approximate surface area is 175 Å². The molecular formula is C28H31N. The van der Waals surface area contributed by atoms with E-state index in [1.807, 2.05) is 6.92 Å². The van der Waals surface area contributed by atoms with Gasteiger partial charge in [0.15, 0.2) is 0 Å². The monoisotopic (exact) mass is 381 g/mol. The Balaban J connectivity index is 1.92. The van der Waals surface area contributed by atoms with Crippen molar-refractivity contribution in [1.82, 2.24) is 0 Å². The van der Waals surface area contributed by atoms with Crippen LogP contribution in [0.5, 0.6) is 0 Å². The number of hydrogen-bond acceptors (Lipinski definition) is 1. The largest absolute Gasteiger partial charge is 0.305 e. The molecule has 0 aliphatic heterocycles. The van der Waals surface area contributed by atoms with Crippen LogP contribution >= 0.6 is 0 Å². The maximum Gasteiger partial charge on any atom is 0.0358 e. The number of benzene rings is 2. The van der Waals surface area contributed by atoms with Crippen molar-refractivity contribution in [2.45, 2.75) is 59.3 Å². The van der Waals surface area contributed by atoms with Crippen molar-refractivity contribution < 1.29 is 0 Å². The molecule has 1 atom stereocenters. The Morgan fingerprint density at radius 3 is 2.52 bits per heavy atom. The van der Waals surface area contributed by atoms with Crippen molar-refractivity contribution in [3.05, 3.63) is 93.6 Å². The van der Waals surface area contributed by atoms with Gasteiger partial charge in [-0.05, 0) is 91.0 Å². The zero-order valence-corrected chi connectivity index (χ0v) is 18.1. The molecule has 0 saturated heterocycles. The summed E-state index contributed by atoms with van der Waals surface area (Å²) in [6, 6.07) is 15.3. The highest BCUT2D eigenvalue weighted by Gasteiger charge is 2.33. The van der Waals surface area contributed by atoms with E-state index in [0.29, 0.717) is 11.6 Å². The van der Waals surface area contributed by atoms with Gasteiger partial charge in [-0.25, -0.2) is 0 Å². The third kappa shape index (κ3) is 3.44. The molecule has 0 aromatic heterocycles. The lowest BCUT2D eigenvalue weighted by Crippen LogP contribution is -2.09. The lowest BCUT2D eigenvalue weighted by molar-refractivity contribution is 0.800. The Hall–Kier alpha value is -2.67. The first-order valence-electron chi connectivity index (χ1n) is 10.9. The van der Waals surface area contributed by atoms with Gasteiger partial charge in [-0.1, -0.05) is 67.1 Å². The topological polar surface area (TPSA) is 23.9 Å². The summed E-state index contributed by atoms with van der Waals surface area (Å²) in [7, 11) is 0. The molecule has 1 heteroatoms. The molecule has 0 saturated carbocycles. The highest BCUT2D eigenvalue weighted by Crippen LogP contribution is 2.52. The van der Waals surface area contributed by atoms with Crippen LogP contribution in [0.25, 0.3) is 11.1 Å². The third-order valence-corrected chi connectivity index (χ3v) is 6.69. The number of aryl methyl sites for hydroxylation is 1. The quantitative estimate of drug-likeness (QED) is 0.510. The minimum Gasteiger partial charge on any atom is -0.305 e. The zero-order valence-electron chi connectivity index (χ0n) is 18.1. The first kappa shape index (κ1) is 19.6. The van der Waals surface area contributed by atoms with Gasteiger partial charge in [-0.3, -0.25) is 0 Å². The van der Waals surface area contributed by atoms with Crippen molar-refractivity contribution in [3.8, 4) is 0 Å². The van der Waals surface area contributed by atoms with Crippen LogP contribution in [-0.4, -0.2) is 5.71 Å². The van der Waals surface area contributed by atoms with Crippen molar-refractivity contribution in [1.29, 1.82) is 5.41 Å². The molecule has 0 heterocycles. The molecule has 1 nitrogen and oxygen atoms in total. The van der Waals surface area contributed by atoms with Gasteiger partial charge in [-0.15, -0.1) is 0 Å². The second-order valence-corrected chi connectivity index (χ2v) is 8.43. The maximum absolute atomic E-state index is 8.42. The van der Waals surface area contributed by atoms with Gasteiger partial charge in [-0.2, -0.15) is 0 Å². The molecule has 29 heavy (non-hydrogen) atoms. The number of allylic oxidation sites excluding steroid dienone is 6. The first-order chi connectivity index (χ1) is 14.0. The molecule has 0 bridgehead atoms. The molecule has 0 fully saturated rings. The van der Waals surface area contributed by atoms with Gasteiger partial charge in [0.25, 0.3) is 0 Å². The summed E-state index contributed by atoms with van der Waals surface area (Å²) in [6.07, 6.45) is 9.21. The molecule has 2 aliphatic rings. The lowest BCUT2D eigenvalue weighted by atomic mass is 9.79. The SMILES string of the molecule is CCC1=C(C[C@H]2C(c3ccccc3C)=C(C)c3cccc(C(C)=N)c32)C=CCC1. The zero-order chi connectivity index (χ0) is 20.5. The molecule has 4 rings (SSSR count). The minimum absolute atomic E-state index is 0.307. The standard InChI is InChI=1S/C28H31N/c1-5-21-12-7-8-13-22(21)17-26-27(23-14-9-6-11-18(23)2)19(3)24-15-10-16-25(20(4)29)28(24)26/h6,8-11,13-16,26,29H,5,7,12,17H2,1-4H3/t26-/m0/s1. The van der Waals surface area contributed by atoms with Crippen molar-refractivity contribution >= 4 is 16.9 Å². The van der Waals surface area contributed by atoms with Gasteiger partial charge in [0.1, 0.15) is 0 Å². The highest BCUT2D eigenvalue weighted by molar-refractivity contribution is 6.06. The van der Waals surface area contributed by atoms with E-state index in [1.165, 1.54) is 45.4 Å². The lowest BCUT2D eigenvalue weighted by Gasteiger charge is -2.24. The molecule has 0 radical (unpaired) electrons. The number of nitrogens with one attached hydrogen (secondary N) is 1. The Morgan fingerprint density at radius 2 is 1.79 bits per heavy atom. The normalized spacial score (nSPS) is 18.4. The van der Waals surface area contributed by atoms with Gasteiger partial charge in [0.2, 0.25) is 0 Å². The number of rotatable bonds is 5. The summed E-state index contributed by atoms with van der Waals surface area (Å²) in [4.78, 5) is 0. The van der Waals surface area contributed by atoms with E-state index in [1.54, 1.807) is 5.57 Å². The molecule has 0 spiro atoms. The average molecular weight is 382 g/mol. The van der Waals surface area contributed by atoms with E-state index >= 15 is 0 Å². The Kier molecular flexibility index (Phi) is 5.41. The number of fused-ring (bicyclic) bond motifs is 1. The highest BCUT2D eigenvalue weighted by atomic mass is 14.4.